The van der Waals surface area contributed by atoms with Crippen molar-refractivity contribution in [2.45, 2.75) is 79.1 Å². The van der Waals surface area contributed by atoms with Crippen LogP contribution in [-0.4, -0.2) is 55.3 Å². The first-order valence-corrected chi connectivity index (χ1v) is 14.3. The Bertz CT molecular complexity index is 1380. The number of imidazole rings is 1. The van der Waals surface area contributed by atoms with Crippen LogP contribution >= 0.6 is 0 Å². The van der Waals surface area contributed by atoms with E-state index in [-0.39, 0.29) is 18.0 Å². The van der Waals surface area contributed by atoms with Crippen LogP contribution < -0.4 is 0 Å². The van der Waals surface area contributed by atoms with Gasteiger partial charge in [-0.1, -0.05) is 49.4 Å². The van der Waals surface area contributed by atoms with Gasteiger partial charge in [-0.05, 0) is 78.5 Å². The molecule has 43 heavy (non-hydrogen) atoms. The Morgan fingerprint density at radius 1 is 0.884 bits per heavy atom. The molecule has 2 atom stereocenters. The summed E-state index contributed by atoms with van der Waals surface area (Å²) >= 11 is 0. The number of nitrogens with zero attached hydrogens (tertiary/aromatic N) is 4. The molecule has 230 valence electrons. The molecule has 0 radical (unpaired) electrons. The highest BCUT2D eigenvalue weighted by atomic mass is 16.6. The first-order valence-electron chi connectivity index (χ1n) is 14.3. The number of allylic oxidation sites excluding steroid dienone is 1. The summed E-state index contributed by atoms with van der Waals surface area (Å²) in [7, 11) is 0. The average Bonchev–Trinajstić information content (AvgIpc) is 3.41. The molecule has 2 amide bonds. The van der Waals surface area contributed by atoms with Crippen LogP contribution in [0, 0.1) is 5.92 Å². The third kappa shape index (κ3) is 10.4. The van der Waals surface area contributed by atoms with Gasteiger partial charge in [0.15, 0.2) is 0 Å². The maximum Gasteiger partial charge on any atom is 0.419 e. The van der Waals surface area contributed by atoms with Crippen molar-refractivity contribution < 1.29 is 28.6 Å². The van der Waals surface area contributed by atoms with E-state index in [1.54, 1.807) is 77.8 Å². The lowest BCUT2D eigenvalue weighted by molar-refractivity contribution is -0.141. The van der Waals surface area contributed by atoms with Gasteiger partial charge < -0.3 is 14.2 Å². The second-order valence-corrected chi connectivity index (χ2v) is 12.3. The smallest absolute Gasteiger partial charge is 0.419 e. The van der Waals surface area contributed by atoms with Crippen LogP contribution in [0.15, 0.2) is 73.3 Å². The van der Waals surface area contributed by atoms with E-state index < -0.39 is 35.5 Å². The first-order chi connectivity index (χ1) is 20.1. The number of rotatable bonds is 9. The zero-order chi connectivity index (χ0) is 31.8. The van der Waals surface area contributed by atoms with Crippen LogP contribution in [0.2, 0.25) is 0 Å². The Balaban J connectivity index is 1.87. The summed E-state index contributed by atoms with van der Waals surface area (Å²) < 4.78 is 18.5. The number of carbonyl (C=O) groups excluding carboxylic acids is 3. The summed E-state index contributed by atoms with van der Waals surface area (Å²) in [4.78, 5) is 49.2. The van der Waals surface area contributed by atoms with Gasteiger partial charge >= 0.3 is 18.2 Å². The minimum Gasteiger partial charge on any atom is -0.454 e. The number of ether oxygens (including phenoxy) is 3. The Morgan fingerprint density at radius 3 is 2.05 bits per heavy atom. The summed E-state index contributed by atoms with van der Waals surface area (Å²) in [5, 5.41) is 0. The number of aromatic nitrogens is 3. The topological polar surface area (TPSA) is 113 Å². The normalized spacial score (nSPS) is 13.5. The predicted molar refractivity (Wildman–Crippen MR) is 163 cm³/mol. The lowest BCUT2D eigenvalue weighted by Gasteiger charge is -2.29. The number of hydrogen-bond acceptors (Lipinski definition) is 8. The van der Waals surface area contributed by atoms with E-state index >= 15 is 0 Å². The molecule has 10 nitrogen and oxygen atoms in total. The van der Waals surface area contributed by atoms with Gasteiger partial charge in [-0.25, -0.2) is 29.3 Å². The van der Waals surface area contributed by atoms with Gasteiger partial charge in [-0.3, -0.25) is 4.57 Å². The standard InChI is InChI=1S/C33H42N4O6/c1-23(17-19-37(30(39)42-32(3,4)5)31(40)43-33(6,7)8)20-26(29(38)41-24(2)25-14-10-9-11-15-25)27-21-36(22-35-27)28-16-12-13-18-34-28/h9-16,18,20-24H,17,19H2,1-8H3/b26-20-/t23-,24-/m1/s1. The summed E-state index contributed by atoms with van der Waals surface area (Å²) in [6.45, 7) is 14.0. The molecule has 10 heteroatoms. The molecule has 3 aromatic rings. The summed E-state index contributed by atoms with van der Waals surface area (Å²) in [6, 6.07) is 14.9. The largest absolute Gasteiger partial charge is 0.454 e. The fraction of sp³-hybridized carbons (Fsp3) is 0.424. The van der Waals surface area contributed by atoms with Gasteiger partial charge in [0.1, 0.15) is 29.5 Å². The van der Waals surface area contributed by atoms with E-state index in [0.29, 0.717) is 17.9 Å². The second-order valence-electron chi connectivity index (χ2n) is 12.3. The number of hydrogen-bond donors (Lipinski definition) is 0. The molecule has 0 aliphatic heterocycles. The van der Waals surface area contributed by atoms with Gasteiger partial charge in [0.05, 0.1) is 11.3 Å². The van der Waals surface area contributed by atoms with E-state index in [4.69, 9.17) is 14.2 Å². The first kappa shape index (κ1) is 33.0. The van der Waals surface area contributed by atoms with E-state index in [2.05, 4.69) is 9.97 Å². The number of amides is 2. The molecule has 3 rings (SSSR count). The molecule has 2 heterocycles. The number of esters is 1. The molecule has 0 bridgehead atoms. The number of benzene rings is 1. The van der Waals surface area contributed by atoms with Crippen molar-refractivity contribution in [3.8, 4) is 5.82 Å². The second kappa shape index (κ2) is 14.1. The number of imide groups is 1. The van der Waals surface area contributed by atoms with Crippen molar-refractivity contribution in [3.63, 3.8) is 0 Å². The SMILES string of the molecule is C[C@@H](/C=C(\C(=O)O[C@H](C)c1ccccc1)c1cn(-c2ccccn2)cn1)CCN(C(=O)OC(C)(C)C)C(=O)OC(C)(C)C. The van der Waals surface area contributed by atoms with Crippen molar-refractivity contribution in [1.82, 2.24) is 19.4 Å². The molecule has 1 aromatic carbocycles. The van der Waals surface area contributed by atoms with E-state index in [0.717, 1.165) is 10.5 Å². The molecule has 0 saturated heterocycles. The summed E-state index contributed by atoms with van der Waals surface area (Å²) in [5.74, 6) is -0.183. The number of carbonyl (C=O) groups is 3. The summed E-state index contributed by atoms with van der Waals surface area (Å²) in [5.41, 5.74) is -0.0961. The van der Waals surface area contributed by atoms with Gasteiger partial charge in [-0.15, -0.1) is 0 Å². The molecule has 0 fully saturated rings. The van der Waals surface area contributed by atoms with Crippen molar-refractivity contribution >= 4 is 23.7 Å². The minimum atomic E-state index is -0.804. The van der Waals surface area contributed by atoms with E-state index in [1.807, 2.05) is 55.5 Å². The van der Waals surface area contributed by atoms with Gasteiger partial charge in [0.25, 0.3) is 0 Å². The summed E-state index contributed by atoms with van der Waals surface area (Å²) in [6.07, 6.45) is 4.93. The highest BCUT2D eigenvalue weighted by molar-refractivity contribution is 6.15. The van der Waals surface area contributed by atoms with Gasteiger partial charge in [0.2, 0.25) is 0 Å². The molecular weight excluding hydrogens is 548 g/mol. The molecule has 2 aromatic heterocycles. The molecule has 0 unspecified atom stereocenters. The van der Waals surface area contributed by atoms with Crippen molar-refractivity contribution in [2.24, 2.45) is 5.92 Å². The Kier molecular flexibility index (Phi) is 10.9. The lowest BCUT2D eigenvalue weighted by atomic mass is 10.0. The molecule has 0 aliphatic carbocycles. The monoisotopic (exact) mass is 590 g/mol. The molecule has 0 N–H and O–H groups in total. The fourth-order valence-corrected chi connectivity index (χ4v) is 3.96. The number of pyridine rings is 1. The zero-order valence-corrected chi connectivity index (χ0v) is 26.2. The molecule has 0 saturated carbocycles. The maximum absolute atomic E-state index is 13.6. The third-order valence-corrected chi connectivity index (χ3v) is 6.03. The van der Waals surface area contributed by atoms with Crippen molar-refractivity contribution in [1.29, 1.82) is 0 Å². The molecular formula is C33H42N4O6. The molecule has 0 spiro atoms. The Morgan fingerprint density at radius 2 is 1.49 bits per heavy atom. The predicted octanol–water partition coefficient (Wildman–Crippen LogP) is 7.15. The van der Waals surface area contributed by atoms with Gasteiger partial charge in [0, 0.05) is 18.9 Å². The van der Waals surface area contributed by atoms with E-state index in [9.17, 15) is 14.4 Å². The third-order valence-electron chi connectivity index (χ3n) is 6.03. The van der Waals surface area contributed by atoms with Gasteiger partial charge in [-0.2, -0.15) is 0 Å². The van der Waals surface area contributed by atoms with Crippen LogP contribution in [0.1, 0.15) is 79.2 Å². The lowest BCUT2D eigenvalue weighted by Crippen LogP contribution is -2.44. The van der Waals surface area contributed by atoms with Crippen molar-refractivity contribution in [3.05, 3.63) is 84.6 Å². The zero-order valence-electron chi connectivity index (χ0n) is 26.2. The minimum absolute atomic E-state index is 0.00656. The van der Waals surface area contributed by atoms with Crippen LogP contribution in [0.25, 0.3) is 11.4 Å². The Hall–Kier alpha value is -4.47. The van der Waals surface area contributed by atoms with Crippen LogP contribution in [-0.2, 0) is 19.0 Å². The van der Waals surface area contributed by atoms with Crippen molar-refractivity contribution in [2.75, 3.05) is 6.54 Å². The highest BCUT2D eigenvalue weighted by Gasteiger charge is 2.31. The average molecular weight is 591 g/mol. The molecule has 0 aliphatic rings. The fourth-order valence-electron chi connectivity index (χ4n) is 3.96. The maximum atomic E-state index is 13.6. The Labute approximate surface area is 253 Å². The highest BCUT2D eigenvalue weighted by Crippen LogP contribution is 2.25. The van der Waals surface area contributed by atoms with Crippen LogP contribution in [0.3, 0.4) is 0 Å². The quantitative estimate of drug-likeness (QED) is 0.147. The van der Waals surface area contributed by atoms with E-state index in [1.165, 1.54) is 0 Å². The van der Waals surface area contributed by atoms with Crippen LogP contribution in [0.5, 0.6) is 0 Å². The van der Waals surface area contributed by atoms with Crippen LogP contribution in [0.4, 0.5) is 9.59 Å².